The second-order valence-corrected chi connectivity index (χ2v) is 10.8. The average Bonchev–Trinajstić information content (AvgIpc) is 2.86. The Morgan fingerprint density at radius 2 is 1.93 bits per heavy atom. The summed E-state index contributed by atoms with van der Waals surface area (Å²) in [4.78, 5) is 18.5. The van der Waals surface area contributed by atoms with Crippen molar-refractivity contribution < 1.29 is 13.2 Å². The van der Waals surface area contributed by atoms with Crippen LogP contribution in [0.2, 0.25) is 0 Å². The summed E-state index contributed by atoms with van der Waals surface area (Å²) in [5, 5.41) is 5.72. The number of hydrogen-bond donors (Lipinski definition) is 1. The summed E-state index contributed by atoms with van der Waals surface area (Å²) < 4.78 is 23.3. The van der Waals surface area contributed by atoms with Gasteiger partial charge in [-0.2, -0.15) is 0 Å². The molecule has 8 heteroatoms. The van der Waals surface area contributed by atoms with E-state index in [0.717, 1.165) is 28.3 Å². The number of rotatable bonds is 3. The highest BCUT2D eigenvalue weighted by Crippen LogP contribution is 2.38. The van der Waals surface area contributed by atoms with Crippen LogP contribution in [-0.4, -0.2) is 38.7 Å². The molecule has 29 heavy (non-hydrogen) atoms. The molecule has 2 heterocycles. The van der Waals surface area contributed by atoms with Gasteiger partial charge in [-0.25, -0.2) is 13.6 Å². The Labute approximate surface area is 176 Å². The zero-order chi connectivity index (χ0) is 20.8. The third-order valence-electron chi connectivity index (χ3n) is 5.59. The zero-order valence-electron chi connectivity index (χ0n) is 16.5. The SMILES string of the molecule is CC1CCN(C(=O)CN2c3ccc(S(N)(=O)=O)cc3CC2C)c2ccccc2S1. The molecule has 2 aromatic rings. The zero-order valence-corrected chi connectivity index (χ0v) is 18.2. The Morgan fingerprint density at radius 1 is 1.17 bits per heavy atom. The molecule has 154 valence electrons. The van der Waals surface area contributed by atoms with Gasteiger partial charge in [0.25, 0.3) is 0 Å². The van der Waals surface area contributed by atoms with Crippen molar-refractivity contribution in [1.82, 2.24) is 0 Å². The van der Waals surface area contributed by atoms with E-state index < -0.39 is 10.0 Å². The van der Waals surface area contributed by atoms with E-state index in [-0.39, 0.29) is 23.4 Å². The van der Waals surface area contributed by atoms with E-state index in [2.05, 4.69) is 24.8 Å². The Bertz CT molecular complexity index is 1050. The number of amides is 1. The number of benzene rings is 2. The number of sulfonamides is 1. The van der Waals surface area contributed by atoms with Gasteiger partial charge >= 0.3 is 0 Å². The molecule has 0 saturated heterocycles. The fraction of sp³-hybridized carbons (Fsp3) is 0.381. The smallest absolute Gasteiger partial charge is 0.246 e. The maximum absolute atomic E-state index is 13.3. The van der Waals surface area contributed by atoms with Gasteiger partial charge < -0.3 is 9.80 Å². The summed E-state index contributed by atoms with van der Waals surface area (Å²) in [6, 6.07) is 13.1. The summed E-state index contributed by atoms with van der Waals surface area (Å²) in [7, 11) is -3.74. The first-order valence-electron chi connectivity index (χ1n) is 9.72. The Morgan fingerprint density at radius 3 is 2.69 bits per heavy atom. The fourth-order valence-electron chi connectivity index (χ4n) is 4.07. The summed E-state index contributed by atoms with van der Waals surface area (Å²) in [5.41, 5.74) is 2.80. The van der Waals surface area contributed by atoms with Crippen LogP contribution in [0.4, 0.5) is 11.4 Å². The molecule has 0 aromatic heterocycles. The Kier molecular flexibility index (Phi) is 5.35. The lowest BCUT2D eigenvalue weighted by Crippen LogP contribution is -2.43. The van der Waals surface area contributed by atoms with Crippen LogP contribution in [0.5, 0.6) is 0 Å². The fourth-order valence-corrected chi connectivity index (χ4v) is 5.74. The number of nitrogens with two attached hydrogens (primary N) is 1. The molecular weight excluding hydrogens is 406 g/mol. The summed E-state index contributed by atoms with van der Waals surface area (Å²) in [6.45, 7) is 5.20. The molecule has 0 radical (unpaired) electrons. The highest BCUT2D eigenvalue weighted by Gasteiger charge is 2.31. The first kappa shape index (κ1) is 20.3. The van der Waals surface area contributed by atoms with Crippen LogP contribution < -0.4 is 14.9 Å². The van der Waals surface area contributed by atoms with Gasteiger partial charge in [0, 0.05) is 28.4 Å². The van der Waals surface area contributed by atoms with Crippen molar-refractivity contribution in [2.24, 2.45) is 5.14 Å². The van der Waals surface area contributed by atoms with Gasteiger partial charge in [0.05, 0.1) is 17.1 Å². The Hall–Kier alpha value is -2.03. The van der Waals surface area contributed by atoms with Crippen molar-refractivity contribution in [3.8, 4) is 0 Å². The molecular formula is C21H25N3O3S2. The van der Waals surface area contributed by atoms with Gasteiger partial charge in [-0.15, -0.1) is 11.8 Å². The van der Waals surface area contributed by atoms with Crippen molar-refractivity contribution in [2.75, 3.05) is 22.9 Å². The first-order chi connectivity index (χ1) is 13.7. The lowest BCUT2D eigenvalue weighted by atomic mass is 10.1. The van der Waals surface area contributed by atoms with Gasteiger partial charge in [0.15, 0.2) is 0 Å². The van der Waals surface area contributed by atoms with Crippen LogP contribution in [0.15, 0.2) is 52.3 Å². The minimum Gasteiger partial charge on any atom is -0.359 e. The van der Waals surface area contributed by atoms with E-state index >= 15 is 0 Å². The minimum atomic E-state index is -3.74. The van der Waals surface area contributed by atoms with E-state index in [1.54, 1.807) is 12.1 Å². The third kappa shape index (κ3) is 4.01. The first-order valence-corrected chi connectivity index (χ1v) is 12.1. The second kappa shape index (κ2) is 7.66. The monoisotopic (exact) mass is 431 g/mol. The maximum Gasteiger partial charge on any atom is 0.246 e. The number of fused-ring (bicyclic) bond motifs is 2. The molecule has 2 atom stereocenters. The highest BCUT2D eigenvalue weighted by molar-refractivity contribution is 8.00. The van der Waals surface area contributed by atoms with Crippen LogP contribution >= 0.6 is 11.8 Å². The maximum atomic E-state index is 13.3. The summed E-state index contributed by atoms with van der Waals surface area (Å²) >= 11 is 1.81. The number of anilines is 2. The third-order valence-corrected chi connectivity index (χ3v) is 7.73. The molecule has 0 bridgehead atoms. The second-order valence-electron chi connectivity index (χ2n) is 7.75. The molecule has 2 aromatic carbocycles. The molecule has 2 N–H and O–H groups in total. The number of hydrogen-bond acceptors (Lipinski definition) is 5. The van der Waals surface area contributed by atoms with Gasteiger partial charge in [0.2, 0.25) is 15.9 Å². The lowest BCUT2D eigenvalue weighted by molar-refractivity contribution is -0.117. The van der Waals surface area contributed by atoms with Crippen molar-refractivity contribution in [3.63, 3.8) is 0 Å². The summed E-state index contributed by atoms with van der Waals surface area (Å²) in [5.74, 6) is 0.0578. The molecule has 0 fully saturated rings. The van der Waals surface area contributed by atoms with Crippen LogP contribution in [0, 0.1) is 0 Å². The van der Waals surface area contributed by atoms with Crippen LogP contribution in [0.1, 0.15) is 25.8 Å². The van der Waals surface area contributed by atoms with Crippen LogP contribution in [-0.2, 0) is 21.2 Å². The van der Waals surface area contributed by atoms with Gasteiger partial charge in [-0.3, -0.25) is 4.79 Å². The van der Waals surface area contributed by atoms with E-state index in [1.807, 2.05) is 34.9 Å². The molecule has 0 spiro atoms. The molecule has 2 aliphatic heterocycles. The molecule has 6 nitrogen and oxygen atoms in total. The predicted octanol–water partition coefficient (Wildman–Crippen LogP) is 3.00. The van der Waals surface area contributed by atoms with Crippen molar-refractivity contribution in [1.29, 1.82) is 0 Å². The van der Waals surface area contributed by atoms with Crippen molar-refractivity contribution >= 4 is 39.1 Å². The highest BCUT2D eigenvalue weighted by atomic mass is 32.2. The van der Waals surface area contributed by atoms with E-state index in [4.69, 9.17) is 5.14 Å². The molecule has 2 unspecified atom stereocenters. The van der Waals surface area contributed by atoms with Gasteiger partial charge in [0.1, 0.15) is 0 Å². The topological polar surface area (TPSA) is 83.7 Å². The molecule has 4 rings (SSSR count). The standard InChI is InChI=1S/C21H25N3O3S2/c1-14-11-16-12-17(29(22,26)27)7-8-18(16)24(14)13-21(25)23-10-9-15(2)28-20-6-4-3-5-19(20)23/h3-8,12,14-15H,9-11,13H2,1-2H3,(H2,22,26,27). The van der Waals surface area contributed by atoms with E-state index in [0.29, 0.717) is 18.2 Å². The van der Waals surface area contributed by atoms with Crippen molar-refractivity contribution in [3.05, 3.63) is 48.0 Å². The predicted molar refractivity (Wildman–Crippen MR) is 117 cm³/mol. The average molecular weight is 432 g/mol. The van der Waals surface area contributed by atoms with Crippen LogP contribution in [0.3, 0.4) is 0 Å². The Balaban J connectivity index is 1.60. The van der Waals surface area contributed by atoms with Gasteiger partial charge in [-0.05, 0) is 55.7 Å². The molecule has 0 aliphatic carbocycles. The molecule has 1 amide bonds. The summed E-state index contributed by atoms with van der Waals surface area (Å²) in [6.07, 6.45) is 1.63. The van der Waals surface area contributed by atoms with Gasteiger partial charge in [-0.1, -0.05) is 19.1 Å². The minimum absolute atomic E-state index is 0.0578. The normalized spacial score (nSPS) is 21.5. The molecule has 2 aliphatic rings. The number of thioether (sulfide) groups is 1. The number of carbonyl (C=O) groups is 1. The number of para-hydroxylation sites is 1. The number of nitrogens with zero attached hydrogens (tertiary/aromatic N) is 2. The van der Waals surface area contributed by atoms with Crippen LogP contribution in [0.25, 0.3) is 0 Å². The number of primary sulfonamides is 1. The largest absolute Gasteiger partial charge is 0.359 e. The quantitative estimate of drug-likeness (QED) is 0.808. The van der Waals surface area contributed by atoms with E-state index in [9.17, 15) is 13.2 Å². The lowest BCUT2D eigenvalue weighted by Gasteiger charge is -2.29. The van der Waals surface area contributed by atoms with Crippen molar-refractivity contribution in [2.45, 2.75) is 47.8 Å². The molecule has 0 saturated carbocycles. The van der Waals surface area contributed by atoms with E-state index in [1.165, 1.54) is 6.07 Å². The number of carbonyl (C=O) groups excluding carboxylic acids is 1.